The summed E-state index contributed by atoms with van der Waals surface area (Å²) in [5.74, 6) is -0.0107. The van der Waals surface area contributed by atoms with Gasteiger partial charge in [-0.2, -0.15) is 0 Å². The summed E-state index contributed by atoms with van der Waals surface area (Å²) in [6.07, 6.45) is 1.26. The van der Waals surface area contributed by atoms with Crippen LogP contribution in [0.2, 0.25) is 0 Å². The van der Waals surface area contributed by atoms with E-state index < -0.39 is 6.10 Å². The van der Waals surface area contributed by atoms with E-state index >= 15 is 0 Å². The highest BCUT2D eigenvalue weighted by Crippen LogP contribution is 2.42. The summed E-state index contributed by atoms with van der Waals surface area (Å²) < 4.78 is 6.17. The van der Waals surface area contributed by atoms with E-state index in [1.165, 1.54) is 11.1 Å². The fraction of sp³-hybridized carbons (Fsp3) is 0.381. The first-order chi connectivity index (χ1) is 12.2. The summed E-state index contributed by atoms with van der Waals surface area (Å²) in [7, 11) is 0. The van der Waals surface area contributed by atoms with Crippen LogP contribution in [0.25, 0.3) is 0 Å². The summed E-state index contributed by atoms with van der Waals surface area (Å²) in [6, 6.07) is 17.7. The van der Waals surface area contributed by atoms with Gasteiger partial charge in [-0.15, -0.1) is 0 Å². The molecule has 4 rings (SSSR count). The van der Waals surface area contributed by atoms with Crippen LogP contribution in [0.5, 0.6) is 0 Å². The zero-order chi connectivity index (χ0) is 17.3. The molecule has 1 saturated heterocycles. The number of benzene rings is 2. The maximum Gasteiger partial charge on any atom is 0.225 e. The quantitative estimate of drug-likeness (QED) is 0.937. The van der Waals surface area contributed by atoms with Gasteiger partial charge in [0.25, 0.3) is 0 Å². The predicted molar refractivity (Wildman–Crippen MR) is 95.0 cm³/mol. The van der Waals surface area contributed by atoms with Gasteiger partial charge in [0.2, 0.25) is 5.91 Å². The van der Waals surface area contributed by atoms with Crippen LogP contribution in [0.1, 0.15) is 35.6 Å². The van der Waals surface area contributed by atoms with Gasteiger partial charge >= 0.3 is 0 Å². The van der Waals surface area contributed by atoms with Crippen LogP contribution in [0.4, 0.5) is 0 Å². The van der Waals surface area contributed by atoms with Crippen molar-refractivity contribution in [3.8, 4) is 0 Å². The minimum atomic E-state index is -0.761. The lowest BCUT2D eigenvalue weighted by molar-refractivity contribution is -0.154. The molecule has 1 aliphatic heterocycles. The minimum Gasteiger partial charge on any atom is -0.388 e. The Hall–Kier alpha value is -2.17. The number of hydrogen-bond donors (Lipinski definition) is 1. The van der Waals surface area contributed by atoms with E-state index in [0.29, 0.717) is 19.7 Å². The lowest BCUT2D eigenvalue weighted by Gasteiger charge is -2.41. The SMILES string of the molecule is O=C(CC(O)c1ccccc1)N1CCOC2(CCc3ccccc32)C1. The van der Waals surface area contributed by atoms with Crippen molar-refractivity contribution in [1.82, 2.24) is 4.90 Å². The highest BCUT2D eigenvalue weighted by atomic mass is 16.5. The second kappa shape index (κ2) is 6.62. The highest BCUT2D eigenvalue weighted by Gasteiger charge is 2.44. The van der Waals surface area contributed by atoms with E-state index in [4.69, 9.17) is 4.74 Å². The topological polar surface area (TPSA) is 49.8 Å². The van der Waals surface area contributed by atoms with Crippen molar-refractivity contribution in [3.63, 3.8) is 0 Å². The Morgan fingerprint density at radius 2 is 1.92 bits per heavy atom. The van der Waals surface area contributed by atoms with Gasteiger partial charge in [0, 0.05) is 6.54 Å². The summed E-state index contributed by atoms with van der Waals surface area (Å²) in [5, 5.41) is 10.4. The van der Waals surface area contributed by atoms with Crippen LogP contribution < -0.4 is 0 Å². The summed E-state index contributed by atoms with van der Waals surface area (Å²) in [5.41, 5.74) is 2.95. The molecular weight excluding hydrogens is 314 g/mol. The maximum atomic E-state index is 12.7. The highest BCUT2D eigenvalue weighted by molar-refractivity contribution is 5.77. The normalized spacial score (nSPS) is 23.5. The molecule has 0 saturated carbocycles. The third kappa shape index (κ3) is 3.08. The van der Waals surface area contributed by atoms with E-state index in [2.05, 4.69) is 18.2 Å². The standard InChI is InChI=1S/C21H23NO3/c23-19(17-7-2-1-3-8-17)14-20(24)22-12-13-25-21(15-22)11-10-16-6-4-5-9-18(16)21/h1-9,19,23H,10-15H2. The molecule has 4 nitrogen and oxygen atoms in total. The molecule has 130 valence electrons. The molecular formula is C21H23NO3. The van der Waals surface area contributed by atoms with Crippen molar-refractivity contribution >= 4 is 5.91 Å². The largest absolute Gasteiger partial charge is 0.388 e. The Morgan fingerprint density at radius 1 is 1.16 bits per heavy atom. The van der Waals surface area contributed by atoms with Gasteiger partial charge in [0.1, 0.15) is 5.60 Å². The number of morpholine rings is 1. The molecule has 1 amide bonds. The maximum absolute atomic E-state index is 12.7. The first kappa shape index (κ1) is 16.3. The van der Waals surface area contributed by atoms with Gasteiger partial charge in [-0.1, -0.05) is 54.6 Å². The lowest BCUT2D eigenvalue weighted by Crippen LogP contribution is -2.51. The Bertz CT molecular complexity index is 757. The van der Waals surface area contributed by atoms with Gasteiger partial charge in [-0.25, -0.2) is 0 Å². The summed E-state index contributed by atoms with van der Waals surface area (Å²) >= 11 is 0. The molecule has 1 fully saturated rings. The summed E-state index contributed by atoms with van der Waals surface area (Å²) in [4.78, 5) is 14.6. The van der Waals surface area contributed by atoms with E-state index in [-0.39, 0.29) is 17.9 Å². The minimum absolute atomic E-state index is 0.0107. The smallest absolute Gasteiger partial charge is 0.225 e. The molecule has 1 N–H and O–H groups in total. The van der Waals surface area contributed by atoms with E-state index in [1.807, 2.05) is 41.3 Å². The third-order valence-electron chi connectivity index (χ3n) is 5.40. The van der Waals surface area contributed by atoms with Crippen molar-refractivity contribution in [2.24, 2.45) is 0 Å². The average molecular weight is 337 g/mol. The number of hydrogen-bond acceptors (Lipinski definition) is 3. The van der Waals surface area contributed by atoms with E-state index in [1.54, 1.807) is 0 Å². The van der Waals surface area contributed by atoms with Crippen molar-refractivity contribution in [2.45, 2.75) is 31.0 Å². The third-order valence-corrected chi connectivity index (χ3v) is 5.40. The molecule has 2 aromatic carbocycles. The van der Waals surface area contributed by atoms with Crippen LogP contribution in [-0.2, 0) is 21.6 Å². The lowest BCUT2D eigenvalue weighted by atomic mass is 9.93. The van der Waals surface area contributed by atoms with Gasteiger partial charge < -0.3 is 14.7 Å². The molecule has 0 bridgehead atoms. The number of fused-ring (bicyclic) bond motifs is 2. The first-order valence-corrected chi connectivity index (χ1v) is 8.91. The van der Waals surface area contributed by atoms with Crippen LogP contribution in [-0.4, -0.2) is 35.6 Å². The number of amides is 1. The Kier molecular flexibility index (Phi) is 4.32. The van der Waals surface area contributed by atoms with E-state index in [0.717, 1.165) is 18.4 Å². The molecule has 0 aromatic heterocycles. The molecule has 25 heavy (non-hydrogen) atoms. The predicted octanol–water partition coefficient (Wildman–Crippen LogP) is 2.81. The number of aliphatic hydroxyl groups excluding tert-OH is 1. The molecule has 4 heteroatoms. The Labute approximate surface area is 148 Å². The van der Waals surface area contributed by atoms with Crippen molar-refractivity contribution in [2.75, 3.05) is 19.7 Å². The van der Waals surface area contributed by atoms with Crippen LogP contribution in [0.15, 0.2) is 54.6 Å². The number of aliphatic hydroxyl groups is 1. The number of nitrogens with zero attached hydrogens (tertiary/aromatic N) is 1. The van der Waals surface area contributed by atoms with Crippen molar-refractivity contribution < 1.29 is 14.6 Å². The zero-order valence-corrected chi connectivity index (χ0v) is 14.2. The zero-order valence-electron chi connectivity index (χ0n) is 14.2. The van der Waals surface area contributed by atoms with Crippen molar-refractivity contribution in [3.05, 3.63) is 71.3 Å². The number of ether oxygens (including phenoxy) is 1. The number of rotatable bonds is 3. The molecule has 0 radical (unpaired) electrons. The van der Waals surface area contributed by atoms with Gasteiger partial charge in [-0.05, 0) is 29.5 Å². The average Bonchev–Trinajstić information content (AvgIpc) is 3.01. The molecule has 1 spiro atoms. The molecule has 2 unspecified atom stereocenters. The van der Waals surface area contributed by atoms with Crippen LogP contribution >= 0.6 is 0 Å². The second-order valence-electron chi connectivity index (χ2n) is 6.95. The molecule has 1 aliphatic carbocycles. The number of carbonyl (C=O) groups excluding carboxylic acids is 1. The van der Waals surface area contributed by atoms with E-state index in [9.17, 15) is 9.90 Å². The van der Waals surface area contributed by atoms with Gasteiger partial charge in [0.15, 0.2) is 0 Å². The molecule has 2 aromatic rings. The fourth-order valence-electron chi connectivity index (χ4n) is 4.05. The van der Waals surface area contributed by atoms with Gasteiger partial charge in [0.05, 0.1) is 25.7 Å². The van der Waals surface area contributed by atoms with Gasteiger partial charge in [-0.3, -0.25) is 4.79 Å². The Balaban J connectivity index is 1.48. The van der Waals surface area contributed by atoms with Crippen LogP contribution in [0, 0.1) is 0 Å². The molecule has 2 aliphatic rings. The number of carbonyl (C=O) groups is 1. The monoisotopic (exact) mass is 337 g/mol. The fourth-order valence-corrected chi connectivity index (χ4v) is 4.05. The first-order valence-electron chi connectivity index (χ1n) is 8.91. The summed E-state index contributed by atoms with van der Waals surface area (Å²) in [6.45, 7) is 1.70. The molecule has 2 atom stereocenters. The second-order valence-corrected chi connectivity index (χ2v) is 6.95. The Morgan fingerprint density at radius 3 is 2.76 bits per heavy atom. The van der Waals surface area contributed by atoms with Crippen LogP contribution in [0.3, 0.4) is 0 Å². The molecule has 1 heterocycles. The number of aryl methyl sites for hydroxylation is 1. The van der Waals surface area contributed by atoms with Crippen molar-refractivity contribution in [1.29, 1.82) is 0 Å².